The molecule has 2 rings (SSSR count). The predicted octanol–water partition coefficient (Wildman–Crippen LogP) is 3.72. The number of hydrogen-bond donors (Lipinski definition) is 2. The summed E-state index contributed by atoms with van der Waals surface area (Å²) in [6, 6.07) is 9.15. The van der Waals surface area contributed by atoms with Crippen LogP contribution in [0, 0.1) is 13.8 Å². The van der Waals surface area contributed by atoms with E-state index in [0.717, 1.165) is 22.2 Å². The number of rotatable bonds is 4. The zero-order valence-corrected chi connectivity index (χ0v) is 12.5. The highest BCUT2D eigenvalue weighted by Crippen LogP contribution is 2.20. The van der Waals surface area contributed by atoms with Gasteiger partial charge in [-0.05, 0) is 55.3 Å². The number of carboxylic acid groups (broad SMARTS) is 1. The van der Waals surface area contributed by atoms with Gasteiger partial charge in [0.15, 0.2) is 0 Å². The lowest BCUT2D eigenvalue weighted by atomic mass is 10.1. The number of nitrogens with one attached hydrogen (secondary N) is 1. The first-order chi connectivity index (χ1) is 9.95. The van der Waals surface area contributed by atoms with Gasteiger partial charge in [-0.2, -0.15) is 0 Å². The van der Waals surface area contributed by atoms with Crippen molar-refractivity contribution in [2.24, 2.45) is 0 Å². The quantitative estimate of drug-likeness (QED) is 0.846. The summed E-state index contributed by atoms with van der Waals surface area (Å²) in [6.07, 6.45) is 2.52. The number of amides is 1. The molecule has 0 fully saturated rings. The largest absolute Gasteiger partial charge is 0.478 e. The highest BCUT2D eigenvalue weighted by atomic mass is 32.1. The molecule has 0 unspecified atom stereocenters. The zero-order valence-electron chi connectivity index (χ0n) is 11.7. The van der Waals surface area contributed by atoms with Crippen molar-refractivity contribution in [3.8, 4) is 0 Å². The highest BCUT2D eigenvalue weighted by Gasteiger charge is 2.09. The van der Waals surface area contributed by atoms with Gasteiger partial charge in [-0.1, -0.05) is 6.07 Å². The van der Waals surface area contributed by atoms with Crippen LogP contribution in [0.15, 0.2) is 36.4 Å². The molecule has 0 aliphatic rings. The van der Waals surface area contributed by atoms with Crippen LogP contribution in [0.25, 0.3) is 6.08 Å². The number of carbonyl (C=O) groups is 2. The Hall–Kier alpha value is -2.40. The molecule has 1 aromatic heterocycles. The molecule has 108 valence electrons. The van der Waals surface area contributed by atoms with Crippen molar-refractivity contribution in [2.45, 2.75) is 13.8 Å². The smallest absolute Gasteiger partial charge is 0.328 e. The van der Waals surface area contributed by atoms with Crippen LogP contribution in [0.1, 0.15) is 25.7 Å². The fraction of sp³-hybridized carbons (Fsp3) is 0.125. The van der Waals surface area contributed by atoms with Crippen LogP contribution in [0.5, 0.6) is 0 Å². The number of carboxylic acids is 1. The number of aryl methyl sites for hydroxylation is 2. The normalized spacial score (nSPS) is 10.8. The first kappa shape index (κ1) is 15.0. The Morgan fingerprint density at radius 1 is 1.14 bits per heavy atom. The molecule has 21 heavy (non-hydrogen) atoms. The summed E-state index contributed by atoms with van der Waals surface area (Å²) in [5, 5.41) is 11.4. The molecule has 2 aromatic rings. The Labute approximate surface area is 126 Å². The molecule has 0 spiro atoms. The van der Waals surface area contributed by atoms with Gasteiger partial charge >= 0.3 is 5.97 Å². The van der Waals surface area contributed by atoms with Gasteiger partial charge in [-0.15, -0.1) is 11.3 Å². The van der Waals surface area contributed by atoms with Crippen LogP contribution in [-0.4, -0.2) is 17.0 Å². The Bertz CT molecular complexity index is 716. The van der Waals surface area contributed by atoms with Gasteiger partial charge in [-0.25, -0.2) is 4.79 Å². The van der Waals surface area contributed by atoms with E-state index < -0.39 is 5.97 Å². The van der Waals surface area contributed by atoms with Gasteiger partial charge < -0.3 is 10.4 Å². The molecular formula is C16H15NO3S. The lowest BCUT2D eigenvalue weighted by Gasteiger charge is -2.06. The van der Waals surface area contributed by atoms with Crippen molar-refractivity contribution >= 4 is 35.0 Å². The van der Waals surface area contributed by atoms with Crippen molar-refractivity contribution < 1.29 is 14.7 Å². The fourth-order valence-corrected chi connectivity index (χ4v) is 2.54. The molecule has 0 atom stereocenters. The maximum Gasteiger partial charge on any atom is 0.328 e. The van der Waals surface area contributed by atoms with Crippen LogP contribution in [0.2, 0.25) is 0 Å². The molecule has 0 aliphatic carbocycles. The van der Waals surface area contributed by atoms with E-state index in [1.165, 1.54) is 23.0 Å². The highest BCUT2D eigenvalue weighted by molar-refractivity contribution is 7.15. The van der Waals surface area contributed by atoms with E-state index in [1.807, 2.05) is 32.0 Å². The van der Waals surface area contributed by atoms with Crippen molar-refractivity contribution in [3.63, 3.8) is 0 Å². The van der Waals surface area contributed by atoms with Gasteiger partial charge in [0, 0.05) is 16.6 Å². The summed E-state index contributed by atoms with van der Waals surface area (Å²) in [5.74, 6) is -1.21. The molecular weight excluding hydrogens is 286 g/mol. The summed E-state index contributed by atoms with van der Waals surface area (Å²) >= 11 is 1.25. The van der Waals surface area contributed by atoms with Crippen LogP contribution in [0.4, 0.5) is 5.69 Å². The Balaban J connectivity index is 2.10. The van der Waals surface area contributed by atoms with E-state index in [2.05, 4.69) is 5.32 Å². The number of carbonyl (C=O) groups excluding carboxylic acids is 1. The van der Waals surface area contributed by atoms with Gasteiger partial charge in [-0.3, -0.25) is 4.79 Å². The van der Waals surface area contributed by atoms with Crippen LogP contribution >= 0.6 is 11.3 Å². The van der Waals surface area contributed by atoms with E-state index >= 15 is 0 Å². The molecule has 0 saturated carbocycles. The van der Waals surface area contributed by atoms with E-state index in [9.17, 15) is 9.59 Å². The second-order valence-corrected chi connectivity index (χ2v) is 5.74. The molecule has 0 bridgehead atoms. The lowest BCUT2D eigenvalue weighted by molar-refractivity contribution is -0.131. The molecule has 4 nitrogen and oxygen atoms in total. The fourth-order valence-electron chi connectivity index (χ4n) is 1.73. The first-order valence-corrected chi connectivity index (χ1v) is 7.17. The van der Waals surface area contributed by atoms with E-state index in [0.29, 0.717) is 4.88 Å². The molecule has 0 aliphatic heterocycles. The summed E-state index contributed by atoms with van der Waals surface area (Å²) < 4.78 is 0. The summed E-state index contributed by atoms with van der Waals surface area (Å²) in [5.41, 5.74) is 3.04. The summed E-state index contributed by atoms with van der Waals surface area (Å²) in [6.45, 7) is 4.01. The minimum Gasteiger partial charge on any atom is -0.478 e. The predicted molar refractivity (Wildman–Crippen MR) is 84.9 cm³/mol. The Kier molecular flexibility index (Phi) is 4.55. The molecule has 2 N–H and O–H groups in total. The molecule has 0 saturated heterocycles. The van der Waals surface area contributed by atoms with Crippen molar-refractivity contribution in [1.29, 1.82) is 0 Å². The van der Waals surface area contributed by atoms with Gasteiger partial charge in [0.2, 0.25) is 0 Å². The molecule has 1 amide bonds. The van der Waals surface area contributed by atoms with Gasteiger partial charge in [0.05, 0.1) is 4.88 Å². The third-order valence-electron chi connectivity index (χ3n) is 3.01. The summed E-state index contributed by atoms with van der Waals surface area (Å²) in [4.78, 5) is 23.8. The van der Waals surface area contributed by atoms with Crippen molar-refractivity contribution in [1.82, 2.24) is 0 Å². The number of aliphatic carboxylic acids is 1. The SMILES string of the molecule is Cc1ccc(NC(=O)c2ccc(C=CC(=O)O)s2)cc1C. The summed E-state index contributed by atoms with van der Waals surface area (Å²) in [7, 11) is 0. The molecule has 1 heterocycles. The molecule has 0 radical (unpaired) electrons. The second kappa shape index (κ2) is 6.37. The minimum absolute atomic E-state index is 0.196. The van der Waals surface area contributed by atoms with E-state index in [-0.39, 0.29) is 5.91 Å². The Morgan fingerprint density at radius 2 is 1.90 bits per heavy atom. The van der Waals surface area contributed by atoms with Crippen LogP contribution < -0.4 is 5.32 Å². The maximum atomic E-state index is 12.1. The number of thiophene rings is 1. The first-order valence-electron chi connectivity index (χ1n) is 6.35. The van der Waals surface area contributed by atoms with Gasteiger partial charge in [0.25, 0.3) is 5.91 Å². The third kappa shape index (κ3) is 4.03. The second-order valence-electron chi connectivity index (χ2n) is 4.63. The minimum atomic E-state index is -1.01. The third-order valence-corrected chi connectivity index (χ3v) is 4.05. The van der Waals surface area contributed by atoms with Crippen molar-refractivity contribution in [2.75, 3.05) is 5.32 Å². The number of anilines is 1. The average molecular weight is 301 g/mol. The molecule has 1 aromatic carbocycles. The van der Waals surface area contributed by atoms with Crippen LogP contribution in [-0.2, 0) is 4.79 Å². The maximum absolute atomic E-state index is 12.1. The Morgan fingerprint density at radius 3 is 2.57 bits per heavy atom. The van der Waals surface area contributed by atoms with E-state index in [1.54, 1.807) is 12.1 Å². The standard InChI is InChI=1S/C16H15NO3S/c1-10-3-4-12(9-11(10)2)17-16(20)14-7-5-13(21-14)6-8-15(18)19/h3-9H,1-2H3,(H,17,20)(H,18,19). The zero-order chi connectivity index (χ0) is 15.4. The monoisotopic (exact) mass is 301 g/mol. The topological polar surface area (TPSA) is 66.4 Å². The number of hydrogen-bond acceptors (Lipinski definition) is 3. The lowest BCUT2D eigenvalue weighted by Crippen LogP contribution is -2.10. The average Bonchev–Trinajstić information content (AvgIpc) is 2.89. The van der Waals surface area contributed by atoms with E-state index in [4.69, 9.17) is 5.11 Å². The van der Waals surface area contributed by atoms with Gasteiger partial charge in [0.1, 0.15) is 0 Å². The van der Waals surface area contributed by atoms with Crippen molar-refractivity contribution in [3.05, 3.63) is 57.3 Å². The van der Waals surface area contributed by atoms with Crippen LogP contribution in [0.3, 0.4) is 0 Å². The molecule has 5 heteroatoms. The number of benzene rings is 1.